The molecule has 3 N–H and O–H groups in total. The molecule has 0 aliphatic heterocycles. The Balaban J connectivity index is 2.25. The highest BCUT2D eigenvalue weighted by molar-refractivity contribution is 4.99. The zero-order valence-electron chi connectivity index (χ0n) is 10.7. The molecule has 1 atom stereocenters. The minimum absolute atomic E-state index is 0.0168. The molecule has 0 amide bonds. The molecule has 0 saturated heterocycles. The normalized spacial score (nSPS) is 12.9. The van der Waals surface area contributed by atoms with Crippen LogP contribution < -0.4 is 5.73 Å². The van der Waals surface area contributed by atoms with Gasteiger partial charge in [-0.3, -0.25) is 4.68 Å². The van der Waals surface area contributed by atoms with Crippen LogP contribution in [-0.4, -0.2) is 26.7 Å². The SMILES string of the molecule is CCCC(N)c1cn(CCCCCCO)nn1. The van der Waals surface area contributed by atoms with E-state index in [1.807, 2.05) is 10.9 Å². The zero-order chi connectivity index (χ0) is 12.5. The summed E-state index contributed by atoms with van der Waals surface area (Å²) in [4.78, 5) is 0. The van der Waals surface area contributed by atoms with Gasteiger partial charge in [-0.2, -0.15) is 0 Å². The molecule has 0 spiro atoms. The molecule has 17 heavy (non-hydrogen) atoms. The predicted octanol–water partition coefficient (Wildman–Crippen LogP) is 1.63. The van der Waals surface area contributed by atoms with Crippen LogP contribution in [0.5, 0.6) is 0 Å². The smallest absolute Gasteiger partial charge is 0.0994 e. The monoisotopic (exact) mass is 240 g/mol. The molecular weight excluding hydrogens is 216 g/mol. The molecule has 0 bridgehead atoms. The Morgan fingerprint density at radius 2 is 2.12 bits per heavy atom. The van der Waals surface area contributed by atoms with E-state index >= 15 is 0 Å². The van der Waals surface area contributed by atoms with Crippen molar-refractivity contribution in [2.24, 2.45) is 5.73 Å². The molecule has 5 nitrogen and oxygen atoms in total. The zero-order valence-corrected chi connectivity index (χ0v) is 10.7. The maximum absolute atomic E-state index is 8.66. The van der Waals surface area contributed by atoms with Gasteiger partial charge >= 0.3 is 0 Å². The van der Waals surface area contributed by atoms with E-state index in [1.54, 1.807) is 0 Å². The number of aromatic nitrogens is 3. The number of aliphatic hydroxyl groups excluding tert-OH is 1. The number of hydrogen-bond acceptors (Lipinski definition) is 4. The number of rotatable bonds is 9. The van der Waals surface area contributed by atoms with Gasteiger partial charge in [0.05, 0.1) is 17.9 Å². The second-order valence-electron chi connectivity index (χ2n) is 4.44. The van der Waals surface area contributed by atoms with Crippen LogP contribution in [0, 0.1) is 0 Å². The van der Waals surface area contributed by atoms with Crippen LogP contribution in [-0.2, 0) is 6.54 Å². The number of nitrogens with two attached hydrogens (primary N) is 1. The first-order chi connectivity index (χ1) is 8.27. The summed E-state index contributed by atoms with van der Waals surface area (Å²) >= 11 is 0. The van der Waals surface area contributed by atoms with Crippen LogP contribution in [0.1, 0.15) is 57.2 Å². The van der Waals surface area contributed by atoms with E-state index in [9.17, 15) is 0 Å². The van der Waals surface area contributed by atoms with Crippen molar-refractivity contribution in [3.05, 3.63) is 11.9 Å². The highest BCUT2D eigenvalue weighted by Crippen LogP contribution is 2.12. The Morgan fingerprint density at radius 3 is 2.82 bits per heavy atom. The van der Waals surface area contributed by atoms with Crippen molar-refractivity contribution < 1.29 is 5.11 Å². The fraction of sp³-hybridized carbons (Fsp3) is 0.833. The van der Waals surface area contributed by atoms with E-state index in [0.717, 1.165) is 50.8 Å². The molecule has 0 aliphatic carbocycles. The van der Waals surface area contributed by atoms with Crippen LogP contribution in [0.2, 0.25) is 0 Å². The first-order valence-electron chi connectivity index (χ1n) is 6.54. The van der Waals surface area contributed by atoms with Gasteiger partial charge in [0.25, 0.3) is 0 Å². The topological polar surface area (TPSA) is 77.0 Å². The molecule has 1 heterocycles. The number of aliphatic hydroxyl groups is 1. The second-order valence-corrected chi connectivity index (χ2v) is 4.44. The van der Waals surface area contributed by atoms with E-state index < -0.39 is 0 Å². The summed E-state index contributed by atoms with van der Waals surface area (Å²) in [6.07, 6.45) is 8.14. The third-order valence-corrected chi connectivity index (χ3v) is 2.83. The molecule has 1 unspecified atom stereocenters. The molecule has 5 heteroatoms. The lowest BCUT2D eigenvalue weighted by Gasteiger charge is -2.04. The van der Waals surface area contributed by atoms with Gasteiger partial charge < -0.3 is 10.8 Å². The Kier molecular flexibility index (Phi) is 6.81. The van der Waals surface area contributed by atoms with Gasteiger partial charge in [-0.1, -0.05) is 31.4 Å². The lowest BCUT2D eigenvalue weighted by Crippen LogP contribution is -2.10. The second kappa shape index (κ2) is 8.20. The molecule has 0 radical (unpaired) electrons. The lowest BCUT2D eigenvalue weighted by atomic mass is 10.1. The minimum Gasteiger partial charge on any atom is -0.396 e. The summed E-state index contributed by atoms with van der Waals surface area (Å²) in [7, 11) is 0. The summed E-state index contributed by atoms with van der Waals surface area (Å²) in [5.74, 6) is 0. The number of nitrogens with zero attached hydrogens (tertiary/aromatic N) is 3. The quantitative estimate of drug-likeness (QED) is 0.643. The summed E-state index contributed by atoms with van der Waals surface area (Å²) < 4.78 is 1.86. The van der Waals surface area contributed by atoms with E-state index in [4.69, 9.17) is 10.8 Å². The van der Waals surface area contributed by atoms with E-state index in [2.05, 4.69) is 17.2 Å². The molecule has 1 aromatic rings. The molecule has 98 valence electrons. The number of hydrogen-bond donors (Lipinski definition) is 2. The third-order valence-electron chi connectivity index (χ3n) is 2.83. The fourth-order valence-electron chi connectivity index (χ4n) is 1.79. The van der Waals surface area contributed by atoms with Crippen LogP contribution >= 0.6 is 0 Å². The van der Waals surface area contributed by atoms with Crippen LogP contribution in [0.3, 0.4) is 0 Å². The summed E-state index contributed by atoms with van der Waals surface area (Å²) in [5, 5.41) is 16.8. The van der Waals surface area contributed by atoms with Crippen LogP contribution in [0.4, 0.5) is 0 Å². The van der Waals surface area contributed by atoms with E-state index in [-0.39, 0.29) is 6.04 Å². The van der Waals surface area contributed by atoms with Gasteiger partial charge in [-0.25, -0.2) is 0 Å². The van der Waals surface area contributed by atoms with Crippen molar-refractivity contribution in [2.75, 3.05) is 6.61 Å². The first-order valence-corrected chi connectivity index (χ1v) is 6.54. The Bertz CT molecular complexity index is 300. The van der Waals surface area contributed by atoms with Crippen molar-refractivity contribution >= 4 is 0 Å². The summed E-state index contributed by atoms with van der Waals surface area (Å²) in [5.41, 5.74) is 6.86. The first kappa shape index (κ1) is 14.1. The predicted molar refractivity (Wildman–Crippen MR) is 67.4 cm³/mol. The summed E-state index contributed by atoms with van der Waals surface area (Å²) in [6, 6.07) is 0.0168. The number of aryl methyl sites for hydroxylation is 1. The minimum atomic E-state index is 0.0168. The van der Waals surface area contributed by atoms with Gasteiger partial charge in [0.1, 0.15) is 0 Å². The molecule has 1 aromatic heterocycles. The third kappa shape index (κ3) is 5.28. The van der Waals surface area contributed by atoms with E-state index in [1.165, 1.54) is 0 Å². The Labute approximate surface area is 103 Å². The molecule has 1 rings (SSSR count). The molecule has 0 aliphatic rings. The average molecular weight is 240 g/mol. The maximum atomic E-state index is 8.66. The highest BCUT2D eigenvalue weighted by atomic mass is 16.2. The van der Waals surface area contributed by atoms with Gasteiger partial charge in [0.2, 0.25) is 0 Å². The van der Waals surface area contributed by atoms with Crippen molar-refractivity contribution in [3.63, 3.8) is 0 Å². The standard InChI is InChI=1S/C12H24N4O/c1-2-7-11(13)12-10-16(15-14-12)8-5-3-4-6-9-17/h10-11,17H,2-9,13H2,1H3. The van der Waals surface area contributed by atoms with Gasteiger partial charge in [0.15, 0.2) is 0 Å². The summed E-state index contributed by atoms with van der Waals surface area (Å²) in [6.45, 7) is 3.29. The van der Waals surface area contributed by atoms with Crippen molar-refractivity contribution in [2.45, 2.75) is 58.0 Å². The van der Waals surface area contributed by atoms with Crippen LogP contribution in [0.25, 0.3) is 0 Å². The average Bonchev–Trinajstić information content (AvgIpc) is 2.78. The lowest BCUT2D eigenvalue weighted by molar-refractivity contribution is 0.282. The Hall–Kier alpha value is -0.940. The molecule has 0 fully saturated rings. The van der Waals surface area contributed by atoms with Crippen molar-refractivity contribution in [1.29, 1.82) is 0 Å². The molecular formula is C12H24N4O. The van der Waals surface area contributed by atoms with Gasteiger partial charge in [-0.05, 0) is 19.3 Å². The maximum Gasteiger partial charge on any atom is 0.0994 e. The fourth-order valence-corrected chi connectivity index (χ4v) is 1.79. The Morgan fingerprint density at radius 1 is 1.35 bits per heavy atom. The van der Waals surface area contributed by atoms with Gasteiger partial charge in [0, 0.05) is 13.2 Å². The number of unbranched alkanes of at least 4 members (excludes halogenated alkanes) is 3. The van der Waals surface area contributed by atoms with Crippen LogP contribution in [0.15, 0.2) is 6.20 Å². The van der Waals surface area contributed by atoms with Crippen molar-refractivity contribution in [1.82, 2.24) is 15.0 Å². The van der Waals surface area contributed by atoms with Gasteiger partial charge in [-0.15, -0.1) is 5.10 Å². The largest absolute Gasteiger partial charge is 0.396 e. The highest BCUT2D eigenvalue weighted by Gasteiger charge is 2.09. The van der Waals surface area contributed by atoms with Crippen molar-refractivity contribution in [3.8, 4) is 0 Å². The molecule has 0 saturated carbocycles. The molecule has 0 aromatic carbocycles. The van der Waals surface area contributed by atoms with E-state index in [0.29, 0.717) is 6.61 Å².